The molecule has 6 rings (SSSR count). The molecule has 5 aromatic carbocycles. The van der Waals surface area contributed by atoms with E-state index in [0.29, 0.717) is 12.3 Å². The summed E-state index contributed by atoms with van der Waals surface area (Å²) in [7, 11) is -2.80. The third-order valence-electron chi connectivity index (χ3n) is 10.5. The normalized spacial score (nSPS) is 12.1. The third-order valence-corrected chi connectivity index (χ3v) is 15.5. The van der Waals surface area contributed by atoms with Crippen LogP contribution in [-0.2, 0) is 22.3 Å². The van der Waals surface area contributed by atoms with Crippen LogP contribution in [0.25, 0.3) is 11.1 Å². The van der Waals surface area contributed by atoms with Gasteiger partial charge in [0.2, 0.25) is 0 Å². The van der Waals surface area contributed by atoms with Crippen molar-refractivity contribution in [2.75, 3.05) is 18.9 Å². The van der Waals surface area contributed by atoms with E-state index in [1.165, 1.54) is 53.6 Å². The molecule has 0 saturated heterocycles. The number of unbranched alkanes of at least 4 members (excludes halogenated alkanes) is 4. The molecule has 2 N–H and O–H groups in total. The molecule has 0 radical (unpaired) electrons. The minimum Gasteiger partial charge on any atom is -0.448 e. The van der Waals surface area contributed by atoms with Gasteiger partial charge in [0.15, 0.2) is 0 Å². The number of nitrogens with two attached hydrogens (primary N) is 1. The van der Waals surface area contributed by atoms with Crippen molar-refractivity contribution >= 4 is 30.5 Å². The summed E-state index contributed by atoms with van der Waals surface area (Å²) in [4.78, 5) is 15.2. The number of anilines is 1. The van der Waals surface area contributed by atoms with Crippen LogP contribution in [-0.4, -0.2) is 32.5 Å². The molecule has 0 fully saturated rings. The van der Waals surface area contributed by atoms with Crippen molar-refractivity contribution in [3.63, 3.8) is 0 Å². The molecule has 1 amide bonds. The molecule has 0 aromatic heterocycles. The van der Waals surface area contributed by atoms with E-state index in [-0.39, 0.29) is 30.7 Å². The Bertz CT molecular complexity index is 1930. The van der Waals surface area contributed by atoms with Crippen molar-refractivity contribution in [3.8, 4) is 23.5 Å². The van der Waals surface area contributed by atoms with Gasteiger partial charge in [0.25, 0.3) is 8.32 Å². The second-order valence-corrected chi connectivity index (χ2v) is 19.7. The number of fused-ring (bicyclic) bond motifs is 3. The largest absolute Gasteiger partial charge is 0.448 e. The maximum absolute atomic E-state index is 13.7. The van der Waals surface area contributed by atoms with E-state index in [4.69, 9.17) is 21.3 Å². The van der Waals surface area contributed by atoms with Crippen LogP contribution in [0.3, 0.4) is 0 Å². The molecule has 0 heterocycles. The van der Waals surface area contributed by atoms with Gasteiger partial charge in [-0.05, 0) is 60.9 Å². The third kappa shape index (κ3) is 9.78. The summed E-state index contributed by atoms with van der Waals surface area (Å²) in [6, 6.07) is 43.5. The number of benzene rings is 5. The van der Waals surface area contributed by atoms with E-state index < -0.39 is 14.4 Å². The van der Waals surface area contributed by atoms with Crippen molar-refractivity contribution < 1.29 is 14.0 Å². The van der Waals surface area contributed by atoms with Crippen LogP contribution in [0.15, 0.2) is 127 Å². The van der Waals surface area contributed by atoms with Gasteiger partial charge in [-0.2, -0.15) is 0 Å². The summed E-state index contributed by atoms with van der Waals surface area (Å²) in [5.74, 6) is 2.61. The lowest BCUT2D eigenvalue weighted by atomic mass is 9.98. The fourth-order valence-corrected chi connectivity index (χ4v) is 12.3. The van der Waals surface area contributed by atoms with Crippen molar-refractivity contribution in [3.05, 3.63) is 150 Å². The van der Waals surface area contributed by atoms with E-state index in [2.05, 4.69) is 113 Å². The lowest BCUT2D eigenvalue weighted by molar-refractivity contribution is 0.102. The van der Waals surface area contributed by atoms with Gasteiger partial charge in [0.05, 0.1) is 19.7 Å². The molecule has 5 nitrogen and oxygen atoms in total. The Kier molecular flexibility index (Phi) is 14.5. The number of ether oxygens (including phenoxy) is 1. The quantitative estimate of drug-likeness (QED) is 0.0531. The molecule has 0 unspecified atom stereocenters. The fraction of sp³-hybridized carbons (Fsp3) is 0.327. The van der Waals surface area contributed by atoms with Crippen LogP contribution >= 0.6 is 0 Å². The van der Waals surface area contributed by atoms with Crippen LogP contribution in [0.2, 0.25) is 5.04 Å². The predicted molar refractivity (Wildman–Crippen MR) is 232 cm³/mol. The zero-order chi connectivity index (χ0) is 39.3. The van der Waals surface area contributed by atoms with Gasteiger partial charge in [0.1, 0.15) is 6.61 Å². The maximum atomic E-state index is 13.7. The van der Waals surface area contributed by atoms with Gasteiger partial charge >= 0.3 is 6.09 Å². The second kappa shape index (κ2) is 19.5. The fourth-order valence-electron chi connectivity index (χ4n) is 7.74. The Morgan fingerprint density at radius 1 is 0.745 bits per heavy atom. The Hall–Kier alpha value is -5.09. The van der Waals surface area contributed by atoms with Crippen LogP contribution in [0.4, 0.5) is 10.5 Å². The van der Waals surface area contributed by atoms with E-state index >= 15 is 0 Å². The molecule has 286 valence electrons. The number of terminal acetylenes is 1. The molecule has 1 aliphatic carbocycles. The number of nitrogens with zero attached hydrogens (tertiary/aromatic N) is 1. The molecule has 0 spiro atoms. The number of carbonyl (C=O) groups excluding carboxylic acids is 1. The van der Waals surface area contributed by atoms with Gasteiger partial charge < -0.3 is 14.9 Å². The van der Waals surface area contributed by atoms with Crippen molar-refractivity contribution in [1.82, 2.24) is 4.90 Å². The summed E-state index contributed by atoms with van der Waals surface area (Å²) in [5, 5.41) is 2.22. The average molecular weight is 751 g/mol. The van der Waals surface area contributed by atoms with E-state index in [9.17, 15) is 4.79 Å². The SMILES string of the molecule is C#CCN(Cc1cc(N)ccc1CO[Si](c1ccccc1)(c1ccccc1)C(C)(C)C)C(=O)OCC1c2ccccc2-c2ccccc21.CCCCCCC. The molecule has 5 aromatic rings. The Morgan fingerprint density at radius 3 is 1.78 bits per heavy atom. The number of hydrogen-bond acceptors (Lipinski definition) is 4. The van der Waals surface area contributed by atoms with Gasteiger partial charge in [-0.25, -0.2) is 4.79 Å². The lowest BCUT2D eigenvalue weighted by Gasteiger charge is -2.43. The smallest absolute Gasteiger partial charge is 0.410 e. The first kappa shape index (κ1) is 41.1. The zero-order valence-corrected chi connectivity index (χ0v) is 34.4. The average Bonchev–Trinajstić information content (AvgIpc) is 3.52. The maximum Gasteiger partial charge on any atom is 0.410 e. The van der Waals surface area contributed by atoms with Crippen molar-refractivity contribution in [2.45, 2.75) is 90.8 Å². The summed E-state index contributed by atoms with van der Waals surface area (Å²) in [5.41, 5.74) is 13.4. The summed E-state index contributed by atoms with van der Waals surface area (Å²) in [6.07, 6.45) is 12.3. The molecule has 0 saturated carbocycles. The highest BCUT2D eigenvalue weighted by Crippen LogP contribution is 2.44. The summed E-state index contributed by atoms with van der Waals surface area (Å²) >= 11 is 0. The van der Waals surface area contributed by atoms with E-state index in [1.54, 1.807) is 4.90 Å². The van der Waals surface area contributed by atoms with Gasteiger partial charge in [-0.3, -0.25) is 4.90 Å². The Morgan fingerprint density at radius 2 is 1.27 bits per heavy atom. The molecule has 0 aliphatic heterocycles. The number of carbonyl (C=O) groups is 1. The first-order valence-corrected chi connectivity index (χ1v) is 21.7. The van der Waals surface area contributed by atoms with Gasteiger partial charge in [0, 0.05) is 11.6 Å². The standard InChI is InChI=1S/C42H42N2O3Si.C7H16/c1-5-26-44(41(45)46-30-40-38-22-14-12-20-36(38)37-21-13-15-23-39(37)40)28-32-27-33(43)25-24-31(32)29-47-48(42(2,3)4,34-16-8-6-9-17-34)35-18-10-7-11-19-35;1-3-5-7-6-4-2/h1,6-25,27,40H,26,28-30,43H2,2-4H3;3-7H2,1-2H3. The first-order chi connectivity index (χ1) is 26.6. The number of amides is 1. The molecule has 0 atom stereocenters. The van der Waals surface area contributed by atoms with Gasteiger partial charge in [-0.1, -0.05) is 188 Å². The number of rotatable bonds is 14. The van der Waals surface area contributed by atoms with Crippen molar-refractivity contribution in [2.24, 2.45) is 0 Å². The van der Waals surface area contributed by atoms with E-state index in [0.717, 1.165) is 22.3 Å². The molecular formula is C49H58N2O3Si. The van der Waals surface area contributed by atoms with Crippen LogP contribution in [0.1, 0.15) is 94.9 Å². The highest BCUT2D eigenvalue weighted by molar-refractivity contribution is 6.99. The van der Waals surface area contributed by atoms with Crippen molar-refractivity contribution in [1.29, 1.82) is 0 Å². The predicted octanol–water partition coefficient (Wildman–Crippen LogP) is 10.7. The first-order valence-electron chi connectivity index (χ1n) is 19.8. The zero-order valence-electron chi connectivity index (χ0n) is 33.4. The minimum absolute atomic E-state index is 0.0446. The molecule has 6 heteroatoms. The van der Waals surface area contributed by atoms with Crippen LogP contribution in [0, 0.1) is 12.3 Å². The molecule has 1 aliphatic rings. The minimum atomic E-state index is -2.80. The lowest BCUT2D eigenvalue weighted by Crippen LogP contribution is -2.66. The van der Waals surface area contributed by atoms with Crippen LogP contribution in [0.5, 0.6) is 0 Å². The topological polar surface area (TPSA) is 64.8 Å². The number of hydrogen-bond donors (Lipinski definition) is 1. The molecule has 55 heavy (non-hydrogen) atoms. The Balaban J connectivity index is 0.000000757. The monoisotopic (exact) mass is 750 g/mol. The highest BCUT2D eigenvalue weighted by atomic mass is 28.4. The Labute approximate surface area is 331 Å². The highest BCUT2D eigenvalue weighted by Gasteiger charge is 2.50. The van der Waals surface area contributed by atoms with Gasteiger partial charge in [-0.15, -0.1) is 6.42 Å². The second-order valence-electron chi connectivity index (χ2n) is 15.4. The summed E-state index contributed by atoms with van der Waals surface area (Å²) < 4.78 is 13.2. The van der Waals surface area contributed by atoms with E-state index in [1.807, 2.05) is 54.6 Å². The van der Waals surface area contributed by atoms with Crippen LogP contribution < -0.4 is 16.1 Å². The molecular weight excluding hydrogens is 693 g/mol. The molecule has 0 bridgehead atoms. The summed E-state index contributed by atoms with van der Waals surface area (Å²) in [6.45, 7) is 12.2. The number of nitrogen functional groups attached to an aromatic ring is 1.